The van der Waals surface area contributed by atoms with Crippen molar-refractivity contribution in [3.05, 3.63) is 101 Å². The molecule has 1 aliphatic rings. The molecule has 1 saturated heterocycles. The summed E-state index contributed by atoms with van der Waals surface area (Å²) in [5.41, 5.74) is 2.47. The second-order valence-electron chi connectivity index (χ2n) is 9.15. The quantitative estimate of drug-likeness (QED) is 0.273. The lowest BCUT2D eigenvalue weighted by molar-refractivity contribution is 0.240. The maximum atomic E-state index is 14.1. The summed E-state index contributed by atoms with van der Waals surface area (Å²) in [6.07, 6.45) is 3.26. The number of imidazole rings is 1. The lowest BCUT2D eigenvalue weighted by Crippen LogP contribution is -2.46. The van der Waals surface area contributed by atoms with E-state index in [1.807, 2.05) is 30.3 Å². The molecule has 10 heteroatoms. The maximum absolute atomic E-state index is 14.1. The third kappa shape index (κ3) is 5.34. The molecule has 0 bridgehead atoms. The van der Waals surface area contributed by atoms with Crippen LogP contribution in [0.3, 0.4) is 0 Å². The third-order valence-electron chi connectivity index (χ3n) is 6.67. The molecule has 0 unspecified atom stereocenters. The molecular weight excluding hydrogens is 507 g/mol. The second kappa shape index (κ2) is 10.8. The Hall–Kier alpha value is -3.95. The van der Waals surface area contributed by atoms with Crippen molar-refractivity contribution in [2.24, 2.45) is 0 Å². The number of piperazine rings is 1. The summed E-state index contributed by atoms with van der Waals surface area (Å²) < 4.78 is 27.5. The van der Waals surface area contributed by atoms with E-state index in [9.17, 15) is 4.39 Å². The van der Waals surface area contributed by atoms with Gasteiger partial charge in [0.1, 0.15) is 36.9 Å². The fourth-order valence-corrected chi connectivity index (χ4v) is 4.83. The summed E-state index contributed by atoms with van der Waals surface area (Å²) in [5, 5.41) is 0.359. The monoisotopic (exact) mass is 532 g/mol. The highest BCUT2D eigenvalue weighted by molar-refractivity contribution is 6.30. The zero-order chi connectivity index (χ0) is 25.9. The van der Waals surface area contributed by atoms with Gasteiger partial charge in [-0.05, 0) is 30.3 Å². The Morgan fingerprint density at radius 1 is 0.947 bits per heavy atom. The SMILES string of the molecule is Fc1cc(Cl)ccc1COc1cccc(N2CCN(Cc3nc4ccccc4n3Cc3ncco3)CC2)n1. The van der Waals surface area contributed by atoms with Crippen LogP contribution in [-0.2, 0) is 19.7 Å². The normalized spacial score (nSPS) is 14.3. The van der Waals surface area contributed by atoms with E-state index in [2.05, 4.69) is 30.4 Å². The van der Waals surface area contributed by atoms with Crippen LogP contribution in [0.15, 0.2) is 77.5 Å². The zero-order valence-electron chi connectivity index (χ0n) is 20.6. The molecule has 0 atom stereocenters. The lowest BCUT2D eigenvalue weighted by atomic mass is 10.2. The fraction of sp³-hybridized carbons (Fsp3) is 0.250. The number of hydrogen-bond acceptors (Lipinski definition) is 7. The van der Waals surface area contributed by atoms with Crippen molar-refractivity contribution in [2.45, 2.75) is 19.7 Å². The van der Waals surface area contributed by atoms with E-state index in [0.717, 1.165) is 55.4 Å². The molecule has 1 fully saturated rings. The predicted octanol–water partition coefficient (Wildman–Crippen LogP) is 5.16. The Morgan fingerprint density at radius 2 is 1.82 bits per heavy atom. The van der Waals surface area contributed by atoms with Crippen LogP contribution < -0.4 is 9.64 Å². The molecule has 6 rings (SSSR count). The lowest BCUT2D eigenvalue weighted by Gasteiger charge is -2.35. The molecule has 5 aromatic rings. The van der Waals surface area contributed by atoms with E-state index in [4.69, 9.17) is 25.7 Å². The summed E-state index contributed by atoms with van der Waals surface area (Å²) in [4.78, 5) is 18.5. The number of benzene rings is 2. The fourth-order valence-electron chi connectivity index (χ4n) is 4.67. The van der Waals surface area contributed by atoms with Crippen molar-refractivity contribution < 1.29 is 13.5 Å². The van der Waals surface area contributed by atoms with Gasteiger partial charge in [0.25, 0.3) is 0 Å². The van der Waals surface area contributed by atoms with E-state index in [1.54, 1.807) is 30.7 Å². The van der Waals surface area contributed by atoms with Crippen LogP contribution in [0.4, 0.5) is 10.2 Å². The van der Waals surface area contributed by atoms with Crippen molar-refractivity contribution >= 4 is 28.5 Å². The van der Waals surface area contributed by atoms with Gasteiger partial charge in [0, 0.05) is 42.8 Å². The first kappa shape index (κ1) is 24.4. The topological polar surface area (TPSA) is 72.5 Å². The van der Waals surface area contributed by atoms with Gasteiger partial charge in [0.15, 0.2) is 0 Å². The van der Waals surface area contributed by atoms with E-state index < -0.39 is 5.82 Å². The highest BCUT2D eigenvalue weighted by Gasteiger charge is 2.21. The second-order valence-corrected chi connectivity index (χ2v) is 9.59. The minimum atomic E-state index is -0.390. The largest absolute Gasteiger partial charge is 0.473 e. The Bertz CT molecular complexity index is 1530. The van der Waals surface area contributed by atoms with Gasteiger partial charge in [-0.25, -0.2) is 14.4 Å². The molecular formula is C28H26ClFN6O2. The summed E-state index contributed by atoms with van der Waals surface area (Å²) in [5.74, 6) is 2.56. The standard InChI is InChI=1S/C28H26ClFN6O2/c29-21-9-8-20(22(30)16-21)19-38-27-7-3-6-25(33-27)35-13-11-34(12-14-35)17-26-32-23-4-1-2-5-24(23)36(26)18-28-31-10-15-37-28/h1-10,15-16H,11-14,17-19H2. The minimum Gasteiger partial charge on any atom is -0.473 e. The van der Waals surface area contributed by atoms with Gasteiger partial charge in [-0.2, -0.15) is 4.98 Å². The number of anilines is 1. The van der Waals surface area contributed by atoms with E-state index in [-0.39, 0.29) is 6.61 Å². The number of pyridine rings is 1. The van der Waals surface area contributed by atoms with Crippen molar-refractivity contribution in [2.75, 3.05) is 31.1 Å². The number of ether oxygens (including phenoxy) is 1. The van der Waals surface area contributed by atoms with E-state index in [1.165, 1.54) is 6.07 Å². The van der Waals surface area contributed by atoms with Gasteiger partial charge in [0.2, 0.25) is 11.8 Å². The molecule has 2 aromatic carbocycles. The van der Waals surface area contributed by atoms with Crippen LogP contribution in [0.25, 0.3) is 11.0 Å². The van der Waals surface area contributed by atoms with E-state index in [0.29, 0.717) is 28.9 Å². The van der Waals surface area contributed by atoms with Crippen LogP contribution in [0.1, 0.15) is 17.3 Å². The van der Waals surface area contributed by atoms with Crippen molar-refractivity contribution in [3.63, 3.8) is 0 Å². The predicted molar refractivity (Wildman–Crippen MR) is 143 cm³/mol. The zero-order valence-corrected chi connectivity index (χ0v) is 21.4. The molecule has 0 spiro atoms. The van der Waals surface area contributed by atoms with Gasteiger partial charge >= 0.3 is 0 Å². The van der Waals surface area contributed by atoms with Gasteiger partial charge in [-0.3, -0.25) is 4.90 Å². The third-order valence-corrected chi connectivity index (χ3v) is 6.91. The van der Waals surface area contributed by atoms with Crippen molar-refractivity contribution in [1.29, 1.82) is 0 Å². The number of aromatic nitrogens is 4. The highest BCUT2D eigenvalue weighted by atomic mass is 35.5. The van der Waals surface area contributed by atoms with Crippen molar-refractivity contribution in [1.82, 2.24) is 24.4 Å². The summed E-state index contributed by atoms with van der Waals surface area (Å²) in [6.45, 7) is 4.73. The first-order chi connectivity index (χ1) is 18.6. The van der Waals surface area contributed by atoms with Crippen LogP contribution in [0.2, 0.25) is 5.02 Å². The van der Waals surface area contributed by atoms with E-state index >= 15 is 0 Å². The molecule has 194 valence electrons. The van der Waals surface area contributed by atoms with Crippen LogP contribution >= 0.6 is 11.6 Å². The molecule has 38 heavy (non-hydrogen) atoms. The van der Waals surface area contributed by atoms with Gasteiger partial charge < -0.3 is 18.6 Å². The molecule has 0 N–H and O–H groups in total. The Kier molecular flexibility index (Phi) is 6.94. The molecule has 8 nitrogen and oxygen atoms in total. The number of fused-ring (bicyclic) bond motifs is 1. The number of nitrogens with zero attached hydrogens (tertiary/aromatic N) is 6. The first-order valence-corrected chi connectivity index (χ1v) is 12.8. The molecule has 0 amide bonds. The molecule has 4 heterocycles. The van der Waals surface area contributed by atoms with Crippen molar-refractivity contribution in [3.8, 4) is 5.88 Å². The molecule has 1 aliphatic heterocycles. The van der Waals surface area contributed by atoms with Crippen LogP contribution in [0.5, 0.6) is 5.88 Å². The summed E-state index contributed by atoms with van der Waals surface area (Å²) in [7, 11) is 0. The number of hydrogen-bond donors (Lipinski definition) is 0. The number of oxazole rings is 1. The molecule has 3 aromatic heterocycles. The minimum absolute atomic E-state index is 0.0851. The highest BCUT2D eigenvalue weighted by Crippen LogP contribution is 2.22. The maximum Gasteiger partial charge on any atom is 0.215 e. The van der Waals surface area contributed by atoms with Gasteiger partial charge in [-0.1, -0.05) is 35.9 Å². The molecule has 0 radical (unpaired) electrons. The summed E-state index contributed by atoms with van der Waals surface area (Å²) >= 11 is 5.84. The Balaban J connectivity index is 1.10. The smallest absolute Gasteiger partial charge is 0.215 e. The average Bonchev–Trinajstić information content (AvgIpc) is 3.57. The Morgan fingerprint density at radius 3 is 2.63 bits per heavy atom. The number of halogens is 2. The van der Waals surface area contributed by atoms with Gasteiger partial charge in [0.05, 0.1) is 23.8 Å². The van der Waals surface area contributed by atoms with Gasteiger partial charge in [-0.15, -0.1) is 0 Å². The molecule has 0 aliphatic carbocycles. The summed E-state index contributed by atoms with van der Waals surface area (Å²) in [6, 6.07) is 18.4. The Labute approximate surface area is 224 Å². The molecule has 0 saturated carbocycles. The van der Waals surface area contributed by atoms with Crippen LogP contribution in [-0.4, -0.2) is 50.6 Å². The van der Waals surface area contributed by atoms with Crippen LogP contribution in [0, 0.1) is 5.82 Å². The number of rotatable bonds is 8. The average molecular weight is 533 g/mol. The number of para-hydroxylation sites is 2. The first-order valence-electron chi connectivity index (χ1n) is 12.5.